The maximum Gasteiger partial charge on any atom is 0.151 e. The molecule has 47 heavy (non-hydrogen) atoms. The second kappa shape index (κ2) is 22.1. The van der Waals surface area contributed by atoms with Gasteiger partial charge in [-0.2, -0.15) is 0 Å². The van der Waals surface area contributed by atoms with Crippen LogP contribution in [0.15, 0.2) is 90.9 Å². The van der Waals surface area contributed by atoms with Crippen LogP contribution in [0.2, 0.25) is 5.02 Å². The van der Waals surface area contributed by atoms with Gasteiger partial charge in [0.05, 0.1) is 29.1 Å². The summed E-state index contributed by atoms with van der Waals surface area (Å²) in [4.78, 5) is 24.3. The van der Waals surface area contributed by atoms with Gasteiger partial charge in [0.25, 0.3) is 0 Å². The number of benzene rings is 1. The van der Waals surface area contributed by atoms with Gasteiger partial charge in [0.1, 0.15) is 18.1 Å². The van der Waals surface area contributed by atoms with Crippen LogP contribution in [0.25, 0.3) is 5.57 Å². The van der Waals surface area contributed by atoms with E-state index in [0.29, 0.717) is 62.8 Å². The molecule has 1 rings (SSSR count). The molecule has 0 radical (unpaired) electrons. The summed E-state index contributed by atoms with van der Waals surface area (Å²) < 4.78 is 32.7. The van der Waals surface area contributed by atoms with Crippen molar-refractivity contribution in [3.05, 3.63) is 101 Å². The zero-order chi connectivity index (χ0) is 37.1. The molecule has 0 unspecified atom stereocenters. The smallest absolute Gasteiger partial charge is 0.151 e. The Morgan fingerprint density at radius 1 is 1.11 bits per heavy atom. The first-order chi connectivity index (χ1) is 21.8. The molecule has 0 aromatic heterocycles. The van der Waals surface area contributed by atoms with Gasteiger partial charge in [-0.1, -0.05) is 44.0 Å². The second-order valence-electron chi connectivity index (χ2n) is 11.0. The molecule has 10 nitrogen and oxygen atoms in total. The van der Waals surface area contributed by atoms with Crippen LogP contribution in [0.4, 0.5) is 5.69 Å². The van der Waals surface area contributed by atoms with E-state index in [1.54, 1.807) is 26.2 Å². The normalized spacial score (nSPS) is 13.1. The summed E-state index contributed by atoms with van der Waals surface area (Å²) in [5.41, 5.74) is 3.42. The molecule has 0 heterocycles. The number of hydrogen-bond acceptors (Lipinski definition) is 10. The van der Waals surface area contributed by atoms with Crippen LogP contribution in [0.5, 0.6) is 5.75 Å². The lowest BCUT2D eigenvalue weighted by Crippen LogP contribution is -2.26. The number of halogens is 1. The summed E-state index contributed by atoms with van der Waals surface area (Å²) in [7, 11) is 3.23. The van der Waals surface area contributed by atoms with Gasteiger partial charge in [-0.25, -0.2) is 0 Å². The van der Waals surface area contributed by atoms with Gasteiger partial charge in [-0.05, 0) is 75.6 Å². The van der Waals surface area contributed by atoms with Crippen molar-refractivity contribution in [1.82, 2.24) is 9.62 Å². The van der Waals surface area contributed by atoms with Crippen LogP contribution in [0.3, 0.4) is 0 Å². The Kier molecular flexibility index (Phi) is 21.4. The number of hydrogen-bond donors (Lipinski definition) is 5. The number of allylic oxidation sites excluding steroid dienone is 8. The molecule has 0 saturated carbocycles. The van der Waals surface area contributed by atoms with Crippen LogP contribution in [0, 0.1) is 0 Å². The van der Waals surface area contributed by atoms with Gasteiger partial charge >= 0.3 is 0 Å². The third kappa shape index (κ3) is 16.7. The van der Waals surface area contributed by atoms with Crippen molar-refractivity contribution in [1.29, 1.82) is 0 Å². The fourth-order valence-corrected chi connectivity index (χ4v) is 4.78. The Morgan fingerprint density at radius 3 is 2.04 bits per heavy atom. The van der Waals surface area contributed by atoms with Crippen molar-refractivity contribution in [3.63, 3.8) is 0 Å². The number of nitrogens with one attached hydrogen (secondary N) is 2. The average molecular weight is 696 g/mol. The molecule has 0 aliphatic rings. The summed E-state index contributed by atoms with van der Waals surface area (Å²) in [6.07, 6.45) is 8.76. The van der Waals surface area contributed by atoms with E-state index < -0.39 is 10.8 Å². The molecule has 1 atom stereocenters. The highest BCUT2D eigenvalue weighted by molar-refractivity contribution is 8.22. The van der Waals surface area contributed by atoms with Crippen LogP contribution >= 0.6 is 22.4 Å². The highest BCUT2D eigenvalue weighted by Crippen LogP contribution is 2.41. The quantitative estimate of drug-likeness (QED) is 0.0674. The maximum atomic E-state index is 12.4. The van der Waals surface area contributed by atoms with E-state index in [2.05, 4.69) is 36.4 Å². The van der Waals surface area contributed by atoms with Crippen molar-refractivity contribution in [3.8, 4) is 5.75 Å². The van der Waals surface area contributed by atoms with Gasteiger partial charge in [-0.15, -0.1) is 10.8 Å². The Hall–Kier alpha value is -3.58. The molecule has 0 aliphatic carbocycles. The third-order valence-electron chi connectivity index (χ3n) is 5.56. The number of aldehydes is 2. The molecule has 0 fully saturated rings. The van der Waals surface area contributed by atoms with Gasteiger partial charge in [0.2, 0.25) is 0 Å². The van der Waals surface area contributed by atoms with Crippen molar-refractivity contribution in [2.75, 3.05) is 46.4 Å². The van der Waals surface area contributed by atoms with E-state index in [1.807, 2.05) is 59.0 Å². The lowest BCUT2D eigenvalue weighted by Gasteiger charge is -2.29. The first kappa shape index (κ1) is 45.5. The summed E-state index contributed by atoms with van der Waals surface area (Å²) in [6.45, 7) is 25.8. The Labute approximate surface area is 288 Å². The lowest BCUT2D eigenvalue weighted by molar-refractivity contribution is -0.125. The molecule has 12 heteroatoms. The minimum atomic E-state index is -3.04. The topological polar surface area (TPSA) is 141 Å². The Balaban J connectivity index is 0. The SMILES string of the molecule is C=CC(=C(/C=O)C(=C)C(=C)/C=C(\C=C)NS(C)(O)O)/C(=C\N(C)C)c1ccc(OC)c(NCC)c1Cl.CO.C[C@H](C=O)OC(C)(C)C. The van der Waals surface area contributed by atoms with Gasteiger partial charge in [-0.3, -0.25) is 18.6 Å². The molecule has 1 aromatic carbocycles. The summed E-state index contributed by atoms with van der Waals surface area (Å²) in [5.74, 6) is 0.587. The molecule has 264 valence electrons. The van der Waals surface area contributed by atoms with Crippen molar-refractivity contribution in [2.24, 2.45) is 0 Å². The summed E-state index contributed by atoms with van der Waals surface area (Å²) >= 11 is 6.83. The van der Waals surface area contributed by atoms with E-state index in [-0.39, 0.29) is 17.3 Å². The predicted molar refractivity (Wildman–Crippen MR) is 200 cm³/mol. The molecule has 0 amide bonds. The number of methoxy groups -OCH3 is 1. The zero-order valence-corrected chi connectivity index (χ0v) is 31.0. The lowest BCUT2D eigenvalue weighted by atomic mass is 9.89. The largest absolute Gasteiger partial charge is 0.495 e. The molecule has 5 N–H and O–H groups in total. The van der Waals surface area contributed by atoms with Crippen LogP contribution in [0.1, 0.15) is 40.2 Å². The minimum Gasteiger partial charge on any atom is -0.495 e. The second-order valence-corrected chi connectivity index (χ2v) is 13.3. The number of aliphatic hydroxyl groups is 1. The van der Waals surface area contributed by atoms with Crippen LogP contribution in [-0.2, 0) is 14.3 Å². The molecule has 0 saturated heterocycles. The monoisotopic (exact) mass is 695 g/mol. The first-order valence-corrected chi connectivity index (χ1v) is 16.8. The number of carbonyl (C=O) groups excluding carboxylic acids is 2. The highest BCUT2D eigenvalue weighted by atomic mass is 35.5. The maximum absolute atomic E-state index is 12.4. The fourth-order valence-electron chi connectivity index (χ4n) is 3.87. The number of anilines is 1. The van der Waals surface area contributed by atoms with Crippen molar-refractivity contribution in [2.45, 2.75) is 46.3 Å². The molecular formula is C35H54ClN3O7S. The molecule has 0 spiro atoms. The Bertz CT molecular complexity index is 1340. The molecule has 1 aromatic rings. The van der Waals surface area contributed by atoms with Crippen molar-refractivity contribution < 1.29 is 33.3 Å². The van der Waals surface area contributed by atoms with Gasteiger partial charge in [0, 0.05) is 56.9 Å². The van der Waals surface area contributed by atoms with Crippen molar-refractivity contribution >= 4 is 46.2 Å². The molecule has 0 aliphatic heterocycles. The highest BCUT2D eigenvalue weighted by Gasteiger charge is 2.21. The Morgan fingerprint density at radius 2 is 1.68 bits per heavy atom. The summed E-state index contributed by atoms with van der Waals surface area (Å²) in [5, 5.41) is 10.6. The van der Waals surface area contributed by atoms with E-state index in [0.717, 1.165) is 13.4 Å². The molecule has 0 bridgehead atoms. The van der Waals surface area contributed by atoms with Gasteiger partial charge in [0.15, 0.2) is 6.29 Å². The van der Waals surface area contributed by atoms with E-state index in [4.69, 9.17) is 26.2 Å². The number of rotatable bonds is 16. The first-order valence-electron chi connectivity index (χ1n) is 14.4. The number of carbonyl (C=O) groups is 2. The third-order valence-corrected chi connectivity index (χ3v) is 6.58. The number of aliphatic hydroxyl groups excluding tert-OH is 1. The van der Waals surface area contributed by atoms with E-state index >= 15 is 0 Å². The average Bonchev–Trinajstić information content (AvgIpc) is 2.98. The standard InChI is InChI=1S/C27H36ClN3O4S.C7H14O2.CH4O/c1-10-20(30-36(9,33)34)15-18(4)19(5)24(17-32)21(11-2)23(16-31(6)7)22-13-14-25(35-8)27(26(22)28)29-12-3;1-6(5-8)9-7(2,3)4;1-2/h10-11,13-17,29-30,33-34H,1-2,4-5,12H2,3,6-9H3;5-6H,1-4H3;2H,1H3/b20-15+,23-16+,24-21+;;/t;6-;/m.1./s1. The van der Waals surface area contributed by atoms with E-state index in [1.165, 1.54) is 18.4 Å². The number of nitrogens with zero attached hydrogens (tertiary/aromatic N) is 1. The van der Waals surface area contributed by atoms with E-state index in [9.17, 15) is 18.7 Å². The van der Waals surface area contributed by atoms with Crippen LogP contribution in [-0.4, -0.2) is 84.5 Å². The van der Waals surface area contributed by atoms with Crippen LogP contribution < -0.4 is 14.8 Å². The number of ether oxygens (including phenoxy) is 2. The minimum absolute atomic E-state index is 0.208. The van der Waals surface area contributed by atoms with Gasteiger partial charge < -0.3 is 29.6 Å². The molecular weight excluding hydrogens is 642 g/mol. The summed E-state index contributed by atoms with van der Waals surface area (Å²) in [6, 6.07) is 3.61. The predicted octanol–water partition coefficient (Wildman–Crippen LogP) is 7.43. The fraction of sp³-hybridized carbons (Fsp3) is 0.371. The zero-order valence-electron chi connectivity index (χ0n) is 29.4.